The highest BCUT2D eigenvalue weighted by atomic mass is 16.5. The summed E-state index contributed by atoms with van der Waals surface area (Å²) in [5.41, 5.74) is 0.574. The Hall–Kier alpha value is -2.89. The van der Waals surface area contributed by atoms with E-state index in [0.29, 0.717) is 6.42 Å². The molecule has 0 saturated carbocycles. The van der Waals surface area contributed by atoms with Crippen LogP contribution in [0.5, 0.6) is 11.5 Å². The van der Waals surface area contributed by atoms with Gasteiger partial charge in [0, 0.05) is 12.0 Å². The van der Waals surface area contributed by atoms with Crippen LogP contribution in [0.2, 0.25) is 0 Å². The average Bonchev–Trinajstić information content (AvgIpc) is 2.62. The summed E-state index contributed by atoms with van der Waals surface area (Å²) in [7, 11) is 0. The van der Waals surface area contributed by atoms with Gasteiger partial charge in [-0.2, -0.15) is 0 Å². The summed E-state index contributed by atoms with van der Waals surface area (Å²) >= 11 is 0. The van der Waals surface area contributed by atoms with Crippen LogP contribution < -0.4 is 0 Å². The zero-order chi connectivity index (χ0) is 20.3. The van der Waals surface area contributed by atoms with Crippen LogP contribution in [-0.2, 0) is 9.53 Å². The molecule has 1 aromatic rings. The standard InChI is InChI=1S/C21H24O6/c1-5-12(4)21(26)27-17(9-6-11(2)3)13-10-16(24)18-14(22)7-8-15(23)19(18)20(13)25/h6-8,10,12,17,24-25H,5,9H2,1-4H3/t12-,17-/m1/s1. The number of aromatic hydroxyl groups is 2. The number of carbonyl (C=O) groups is 3. The fraction of sp³-hybridized carbons (Fsp3) is 0.381. The van der Waals surface area contributed by atoms with Crippen molar-refractivity contribution in [3.8, 4) is 11.5 Å². The van der Waals surface area contributed by atoms with Crippen LogP contribution in [0.4, 0.5) is 0 Å². The molecule has 2 rings (SSSR count). The van der Waals surface area contributed by atoms with E-state index in [4.69, 9.17) is 4.74 Å². The quantitative estimate of drug-likeness (QED) is 0.444. The molecule has 0 heterocycles. The van der Waals surface area contributed by atoms with Gasteiger partial charge < -0.3 is 14.9 Å². The summed E-state index contributed by atoms with van der Waals surface area (Å²) in [5, 5.41) is 21.0. The number of phenolic OH excluding ortho intramolecular Hbond substituents is 2. The van der Waals surface area contributed by atoms with Gasteiger partial charge in [-0.1, -0.05) is 25.5 Å². The summed E-state index contributed by atoms with van der Waals surface area (Å²) in [6.07, 6.45) is 3.88. The topological polar surface area (TPSA) is 101 Å². The monoisotopic (exact) mass is 372 g/mol. The van der Waals surface area contributed by atoms with Crippen molar-refractivity contribution in [1.82, 2.24) is 0 Å². The van der Waals surface area contributed by atoms with Gasteiger partial charge in [0.2, 0.25) is 0 Å². The molecule has 0 aromatic heterocycles. The lowest BCUT2D eigenvalue weighted by atomic mass is 9.89. The second-order valence-corrected chi connectivity index (χ2v) is 6.90. The summed E-state index contributed by atoms with van der Waals surface area (Å²) in [4.78, 5) is 36.5. The summed E-state index contributed by atoms with van der Waals surface area (Å²) in [6.45, 7) is 7.35. The molecule has 2 N–H and O–H groups in total. The van der Waals surface area contributed by atoms with E-state index in [1.807, 2.05) is 26.8 Å². The highest BCUT2D eigenvalue weighted by Crippen LogP contribution is 2.41. The first-order valence-corrected chi connectivity index (χ1v) is 8.86. The lowest BCUT2D eigenvalue weighted by molar-refractivity contribution is -0.153. The summed E-state index contributed by atoms with van der Waals surface area (Å²) in [5.74, 6) is -2.81. The maximum absolute atomic E-state index is 12.3. The van der Waals surface area contributed by atoms with Gasteiger partial charge in [-0.15, -0.1) is 0 Å². The molecule has 0 spiro atoms. The number of rotatable bonds is 6. The number of ether oxygens (including phenoxy) is 1. The molecule has 6 nitrogen and oxygen atoms in total. The van der Waals surface area contributed by atoms with E-state index in [-0.39, 0.29) is 29.0 Å². The van der Waals surface area contributed by atoms with Crippen molar-refractivity contribution in [1.29, 1.82) is 0 Å². The highest BCUT2D eigenvalue weighted by Gasteiger charge is 2.32. The maximum atomic E-state index is 12.3. The largest absolute Gasteiger partial charge is 0.507 e. The Bertz CT molecular complexity index is 843. The van der Waals surface area contributed by atoms with Crippen molar-refractivity contribution in [2.75, 3.05) is 0 Å². The number of phenols is 2. The van der Waals surface area contributed by atoms with E-state index in [9.17, 15) is 24.6 Å². The van der Waals surface area contributed by atoms with E-state index in [1.54, 1.807) is 6.92 Å². The van der Waals surface area contributed by atoms with Crippen molar-refractivity contribution in [2.24, 2.45) is 5.92 Å². The molecule has 2 atom stereocenters. The molecule has 1 aliphatic rings. The molecule has 144 valence electrons. The van der Waals surface area contributed by atoms with Crippen molar-refractivity contribution < 1.29 is 29.3 Å². The number of hydrogen-bond donors (Lipinski definition) is 2. The Morgan fingerprint density at radius 3 is 2.30 bits per heavy atom. The number of fused-ring (bicyclic) bond motifs is 1. The highest BCUT2D eigenvalue weighted by molar-refractivity contribution is 6.24. The van der Waals surface area contributed by atoms with Crippen LogP contribution >= 0.6 is 0 Å². The predicted molar refractivity (Wildman–Crippen MR) is 99.9 cm³/mol. The molecule has 1 aromatic carbocycles. The molecule has 0 unspecified atom stereocenters. The van der Waals surface area contributed by atoms with Gasteiger partial charge in [-0.05, 0) is 38.5 Å². The van der Waals surface area contributed by atoms with Gasteiger partial charge in [0.15, 0.2) is 11.6 Å². The minimum atomic E-state index is -0.897. The third kappa shape index (κ3) is 4.27. The number of esters is 1. The van der Waals surface area contributed by atoms with Crippen LogP contribution in [0.15, 0.2) is 29.9 Å². The molecule has 1 aliphatic carbocycles. The molecule has 0 radical (unpaired) electrons. The molecule has 0 saturated heterocycles. The fourth-order valence-electron chi connectivity index (χ4n) is 2.74. The maximum Gasteiger partial charge on any atom is 0.309 e. The third-order valence-corrected chi connectivity index (χ3v) is 4.55. The van der Waals surface area contributed by atoms with Crippen LogP contribution in [0.1, 0.15) is 72.9 Å². The molecule has 0 amide bonds. The van der Waals surface area contributed by atoms with Gasteiger partial charge in [-0.3, -0.25) is 14.4 Å². The van der Waals surface area contributed by atoms with Gasteiger partial charge >= 0.3 is 5.97 Å². The molecular formula is C21H24O6. The fourth-order valence-corrected chi connectivity index (χ4v) is 2.74. The number of hydrogen-bond acceptors (Lipinski definition) is 6. The third-order valence-electron chi connectivity index (χ3n) is 4.55. The lowest BCUT2D eigenvalue weighted by Crippen LogP contribution is -2.19. The zero-order valence-corrected chi connectivity index (χ0v) is 15.9. The molecule has 0 bridgehead atoms. The Balaban J connectivity index is 2.56. The SMILES string of the molecule is CC[C@@H](C)C(=O)O[C@H](CC=C(C)C)c1cc(O)c2c(c1O)C(=O)C=CC2=O. The molecule has 6 heteroatoms. The van der Waals surface area contributed by atoms with Crippen molar-refractivity contribution in [3.05, 3.63) is 46.6 Å². The van der Waals surface area contributed by atoms with E-state index >= 15 is 0 Å². The Kier molecular flexibility index (Phi) is 6.20. The minimum absolute atomic E-state index is 0.0943. The van der Waals surface area contributed by atoms with Crippen molar-refractivity contribution in [2.45, 2.75) is 46.6 Å². The van der Waals surface area contributed by atoms with Gasteiger partial charge in [0.05, 0.1) is 17.0 Å². The number of allylic oxidation sites excluding steroid dienone is 3. The lowest BCUT2D eigenvalue weighted by Gasteiger charge is -2.23. The number of ketones is 2. The second-order valence-electron chi connectivity index (χ2n) is 6.90. The minimum Gasteiger partial charge on any atom is -0.507 e. The van der Waals surface area contributed by atoms with E-state index < -0.39 is 35.1 Å². The first-order chi connectivity index (χ1) is 12.7. The first-order valence-electron chi connectivity index (χ1n) is 8.86. The van der Waals surface area contributed by atoms with E-state index in [0.717, 1.165) is 17.7 Å². The van der Waals surface area contributed by atoms with E-state index in [1.165, 1.54) is 6.07 Å². The van der Waals surface area contributed by atoms with Crippen LogP contribution in [-0.4, -0.2) is 27.7 Å². The molecular weight excluding hydrogens is 348 g/mol. The number of carbonyl (C=O) groups excluding carboxylic acids is 3. The molecule has 27 heavy (non-hydrogen) atoms. The van der Waals surface area contributed by atoms with Gasteiger partial charge in [0.1, 0.15) is 17.6 Å². The zero-order valence-electron chi connectivity index (χ0n) is 15.9. The second kappa shape index (κ2) is 8.20. The van der Waals surface area contributed by atoms with Crippen LogP contribution in [0.25, 0.3) is 0 Å². The van der Waals surface area contributed by atoms with Gasteiger partial charge in [0.25, 0.3) is 0 Å². The smallest absolute Gasteiger partial charge is 0.309 e. The van der Waals surface area contributed by atoms with Crippen LogP contribution in [0.3, 0.4) is 0 Å². The summed E-state index contributed by atoms with van der Waals surface area (Å²) in [6, 6.07) is 1.19. The molecule has 0 aliphatic heterocycles. The Morgan fingerprint density at radius 1 is 1.15 bits per heavy atom. The Labute approximate surface area is 158 Å². The van der Waals surface area contributed by atoms with E-state index in [2.05, 4.69) is 0 Å². The molecule has 0 fully saturated rings. The average molecular weight is 372 g/mol. The summed E-state index contributed by atoms with van der Waals surface area (Å²) < 4.78 is 5.56. The van der Waals surface area contributed by atoms with Crippen molar-refractivity contribution >= 4 is 17.5 Å². The Morgan fingerprint density at radius 2 is 1.74 bits per heavy atom. The van der Waals surface area contributed by atoms with Crippen LogP contribution in [0, 0.1) is 5.92 Å². The predicted octanol–water partition coefficient (Wildman–Crippen LogP) is 4.02. The first kappa shape index (κ1) is 20.4. The van der Waals surface area contributed by atoms with Crippen molar-refractivity contribution in [3.63, 3.8) is 0 Å². The normalized spacial score (nSPS) is 15.1. The number of benzene rings is 1. The van der Waals surface area contributed by atoms with Gasteiger partial charge in [-0.25, -0.2) is 0 Å².